The molecule has 1 atom stereocenters. The number of carbonyl (C=O) groups is 4. The van der Waals surface area contributed by atoms with Crippen LogP contribution in [0.4, 0.5) is 14.5 Å². The Morgan fingerprint density at radius 3 is 2.52 bits per heavy atom. The summed E-state index contributed by atoms with van der Waals surface area (Å²) in [5.41, 5.74) is -0.181. The van der Waals surface area contributed by atoms with Gasteiger partial charge in [-0.05, 0) is 49.9 Å². The topological polar surface area (TPSA) is 162 Å². The van der Waals surface area contributed by atoms with Crippen LogP contribution in [0, 0.1) is 0 Å². The molecule has 0 unspecified atom stereocenters. The van der Waals surface area contributed by atoms with Gasteiger partial charge in [0.05, 0.1) is 14.9 Å². The fourth-order valence-corrected chi connectivity index (χ4v) is 6.76. The molecular formula is C25H27ClF2N4O8S2. The first-order valence-corrected chi connectivity index (χ1v) is 15.5. The third-order valence-corrected chi connectivity index (χ3v) is 9.23. The van der Waals surface area contributed by atoms with E-state index >= 15 is 0 Å². The smallest absolute Gasteiger partial charge is 0.387 e. The number of carbonyl (C=O) groups excluding carboxylic acids is 3. The molecule has 2 aromatic rings. The molecule has 3 N–H and O–H groups in total. The monoisotopic (exact) mass is 648 g/mol. The lowest BCUT2D eigenvalue weighted by atomic mass is 10.1. The molecule has 2 fully saturated rings. The number of benzene rings is 1. The number of hydrogen-bond donors (Lipinski definition) is 3. The summed E-state index contributed by atoms with van der Waals surface area (Å²) in [5, 5.41) is 11.8. The van der Waals surface area contributed by atoms with Crippen LogP contribution in [0.25, 0.3) is 0 Å². The number of aliphatic carboxylic acids is 1. The molecule has 228 valence electrons. The van der Waals surface area contributed by atoms with E-state index in [1.54, 1.807) is 0 Å². The minimum absolute atomic E-state index is 0.135. The van der Waals surface area contributed by atoms with E-state index in [-0.39, 0.29) is 23.5 Å². The van der Waals surface area contributed by atoms with E-state index in [1.165, 1.54) is 24.3 Å². The number of halogens is 3. The van der Waals surface area contributed by atoms with E-state index in [2.05, 4.69) is 14.8 Å². The molecule has 0 spiro atoms. The van der Waals surface area contributed by atoms with E-state index < -0.39 is 76.1 Å². The summed E-state index contributed by atoms with van der Waals surface area (Å²) in [6, 6.07) is 4.21. The molecule has 1 aliphatic carbocycles. The van der Waals surface area contributed by atoms with Crippen LogP contribution in [0.1, 0.15) is 41.8 Å². The molecule has 1 saturated carbocycles. The zero-order valence-electron chi connectivity index (χ0n) is 21.9. The Morgan fingerprint density at radius 1 is 1.19 bits per heavy atom. The number of rotatable bonds is 13. The summed E-state index contributed by atoms with van der Waals surface area (Å²) in [6.45, 7) is -4.62. The lowest BCUT2D eigenvalue weighted by Gasteiger charge is -2.30. The molecule has 2 aliphatic rings. The van der Waals surface area contributed by atoms with Gasteiger partial charge in [-0.25, -0.2) is 8.42 Å². The number of sulfonamides is 1. The number of carboxylic acids is 1. The highest BCUT2D eigenvalue weighted by Gasteiger charge is 2.40. The molecule has 4 rings (SSSR count). The van der Waals surface area contributed by atoms with Crippen LogP contribution in [0.2, 0.25) is 4.34 Å². The highest BCUT2D eigenvalue weighted by molar-refractivity contribution is 7.89. The highest BCUT2D eigenvalue weighted by Crippen LogP contribution is 2.38. The maximum Gasteiger partial charge on any atom is 0.387 e. The lowest BCUT2D eigenvalue weighted by Crippen LogP contribution is -2.55. The number of thiophene rings is 1. The van der Waals surface area contributed by atoms with Crippen LogP contribution in [0.15, 0.2) is 35.2 Å². The fourth-order valence-electron chi connectivity index (χ4n) is 4.46. The van der Waals surface area contributed by atoms with Gasteiger partial charge in [0.15, 0.2) is 5.75 Å². The maximum absolute atomic E-state index is 13.7. The number of piperidine rings is 1. The number of hydrogen-bond acceptors (Lipinski definition) is 8. The minimum atomic E-state index is -4.85. The normalized spacial score (nSPS) is 16.3. The van der Waals surface area contributed by atoms with Crippen LogP contribution >= 0.6 is 22.9 Å². The molecule has 1 aliphatic heterocycles. The summed E-state index contributed by atoms with van der Waals surface area (Å²) < 4.78 is 61.4. The number of amides is 3. The van der Waals surface area contributed by atoms with Gasteiger partial charge in [-0.2, -0.15) is 13.5 Å². The van der Waals surface area contributed by atoms with Gasteiger partial charge in [-0.1, -0.05) is 17.7 Å². The van der Waals surface area contributed by atoms with Crippen molar-refractivity contribution in [1.82, 2.24) is 14.9 Å². The Balaban J connectivity index is 1.68. The molecule has 0 radical (unpaired) electrons. The molecule has 42 heavy (non-hydrogen) atoms. The van der Waals surface area contributed by atoms with Crippen molar-refractivity contribution in [1.29, 1.82) is 0 Å². The minimum Gasteiger partial charge on any atom is -0.480 e. The van der Waals surface area contributed by atoms with Gasteiger partial charge in [-0.15, -0.1) is 11.3 Å². The van der Waals surface area contributed by atoms with E-state index in [9.17, 15) is 41.5 Å². The number of anilines is 1. The van der Waals surface area contributed by atoms with Crippen LogP contribution in [0.3, 0.4) is 0 Å². The van der Waals surface area contributed by atoms with E-state index in [0.29, 0.717) is 30.0 Å². The van der Waals surface area contributed by atoms with Gasteiger partial charge < -0.3 is 25.0 Å². The summed E-state index contributed by atoms with van der Waals surface area (Å²) >= 11 is 6.81. The number of ether oxygens (including phenoxy) is 1. The molecule has 2 heterocycles. The van der Waals surface area contributed by atoms with Crippen molar-refractivity contribution >= 4 is 62.3 Å². The quantitative estimate of drug-likeness (QED) is 0.299. The molecule has 17 heteroatoms. The zero-order valence-corrected chi connectivity index (χ0v) is 24.3. The molecule has 12 nitrogen and oxygen atoms in total. The third-order valence-electron chi connectivity index (χ3n) is 6.50. The van der Waals surface area contributed by atoms with Gasteiger partial charge in [0, 0.05) is 25.6 Å². The first-order chi connectivity index (χ1) is 19.9. The molecule has 1 aromatic heterocycles. The second kappa shape index (κ2) is 13.3. The molecule has 0 bridgehead atoms. The lowest BCUT2D eigenvalue weighted by molar-refractivity contribution is -0.145. The SMILES string of the molecule is O=C(O)CN(C(=O)[C@H](CNC(=O)c1ccc(Cl)s1)NS(=O)(=O)c1cccc(N2CCCCC2=O)c1OC(F)F)C1CC1. The van der Waals surface area contributed by atoms with Gasteiger partial charge in [0.1, 0.15) is 17.5 Å². The fraction of sp³-hybridized carbons (Fsp3) is 0.440. The zero-order chi connectivity index (χ0) is 30.6. The Hall–Kier alpha value is -3.34. The Morgan fingerprint density at radius 2 is 1.93 bits per heavy atom. The average molecular weight is 649 g/mol. The van der Waals surface area contributed by atoms with Crippen molar-refractivity contribution in [2.45, 2.75) is 55.7 Å². The van der Waals surface area contributed by atoms with Crippen molar-refractivity contribution in [3.63, 3.8) is 0 Å². The van der Waals surface area contributed by atoms with Gasteiger partial charge >= 0.3 is 12.6 Å². The highest BCUT2D eigenvalue weighted by atomic mass is 35.5. The number of para-hydroxylation sites is 1. The van der Waals surface area contributed by atoms with E-state index in [0.717, 1.165) is 27.2 Å². The summed E-state index contributed by atoms with van der Waals surface area (Å²) in [7, 11) is -4.85. The van der Waals surface area contributed by atoms with Crippen LogP contribution in [-0.4, -0.2) is 80.4 Å². The van der Waals surface area contributed by atoms with Crippen molar-refractivity contribution in [3.8, 4) is 5.75 Å². The Labute approximate surface area is 248 Å². The first-order valence-electron chi connectivity index (χ1n) is 12.8. The maximum atomic E-state index is 13.7. The van der Waals surface area contributed by atoms with Gasteiger partial charge in [-0.3, -0.25) is 19.2 Å². The molecule has 1 aromatic carbocycles. The largest absolute Gasteiger partial charge is 0.480 e. The van der Waals surface area contributed by atoms with E-state index in [1.807, 2.05) is 0 Å². The summed E-state index contributed by atoms with van der Waals surface area (Å²) in [5.74, 6) is -4.14. The Kier molecular flexibility index (Phi) is 10.0. The van der Waals surface area contributed by atoms with Gasteiger partial charge in [0.2, 0.25) is 21.8 Å². The Bertz CT molecular complexity index is 1470. The van der Waals surface area contributed by atoms with Crippen molar-refractivity contribution in [3.05, 3.63) is 39.5 Å². The van der Waals surface area contributed by atoms with Crippen molar-refractivity contribution < 1.29 is 46.2 Å². The number of alkyl halides is 2. The first kappa shape index (κ1) is 31.6. The number of carboxylic acid groups (broad SMARTS) is 1. The van der Waals surface area contributed by atoms with Crippen LogP contribution in [-0.2, 0) is 24.4 Å². The second-order valence-electron chi connectivity index (χ2n) is 9.56. The molecule has 1 saturated heterocycles. The van der Waals surface area contributed by atoms with Crippen molar-refractivity contribution in [2.24, 2.45) is 0 Å². The predicted molar refractivity (Wildman–Crippen MR) is 147 cm³/mol. The average Bonchev–Trinajstić information content (AvgIpc) is 3.68. The van der Waals surface area contributed by atoms with Crippen LogP contribution in [0.5, 0.6) is 5.75 Å². The second-order valence-corrected chi connectivity index (χ2v) is 13.0. The third kappa shape index (κ3) is 7.73. The predicted octanol–water partition coefficient (Wildman–Crippen LogP) is 2.67. The van der Waals surface area contributed by atoms with Gasteiger partial charge in [0.25, 0.3) is 5.91 Å². The molecular weight excluding hydrogens is 622 g/mol. The number of nitrogens with zero attached hydrogens (tertiary/aromatic N) is 2. The van der Waals surface area contributed by atoms with E-state index in [4.69, 9.17) is 11.6 Å². The molecule has 3 amide bonds. The van der Waals surface area contributed by atoms with Crippen molar-refractivity contribution in [2.75, 3.05) is 24.5 Å². The van der Waals surface area contributed by atoms with Crippen LogP contribution < -0.4 is 19.7 Å². The number of nitrogens with one attached hydrogen (secondary N) is 2. The summed E-state index contributed by atoms with van der Waals surface area (Å²) in [6.07, 6.45) is 2.27. The standard InChI is InChI=1S/C25H27ClF2N4O8S2/c26-19-10-9-17(41-19)23(36)29-12-15(24(37)32(13-21(34)35)14-7-8-14)30-42(38,39)18-5-3-4-16(22(18)40-25(27)28)31-11-2-1-6-20(31)33/h3-5,9-10,14-15,25,30H,1-2,6-8,11-13H2,(H,29,36)(H,34,35)/t15-/m0/s1. The summed E-state index contributed by atoms with van der Waals surface area (Å²) in [4.78, 5) is 51.7.